The summed E-state index contributed by atoms with van der Waals surface area (Å²) in [6.07, 6.45) is -1.17. The second-order valence-corrected chi connectivity index (χ2v) is 4.12. The van der Waals surface area contributed by atoms with E-state index in [0.29, 0.717) is 12.2 Å². The van der Waals surface area contributed by atoms with Gasteiger partial charge in [0.05, 0.1) is 17.0 Å². The Morgan fingerprint density at radius 3 is 2.67 bits per heavy atom. The van der Waals surface area contributed by atoms with Gasteiger partial charge >= 0.3 is 6.18 Å². The first-order valence-electron chi connectivity index (χ1n) is 5.80. The Balaban J connectivity index is 2.99. The monoisotopic (exact) mass is 258 g/mol. The molecule has 0 atom stereocenters. The zero-order chi connectivity index (χ0) is 13.8. The number of hydrogen-bond donors (Lipinski definition) is 0. The SMILES string of the molecule is C=C(c1ncccc1C(F)(F)F)N(C)CCCC. The van der Waals surface area contributed by atoms with Crippen LogP contribution in [0.2, 0.25) is 0 Å². The van der Waals surface area contributed by atoms with Gasteiger partial charge in [-0.1, -0.05) is 19.9 Å². The van der Waals surface area contributed by atoms with Crippen molar-refractivity contribution in [3.05, 3.63) is 36.2 Å². The number of unbranched alkanes of at least 4 members (excludes halogenated alkanes) is 1. The van der Waals surface area contributed by atoms with Crippen molar-refractivity contribution in [1.82, 2.24) is 9.88 Å². The van der Waals surface area contributed by atoms with Gasteiger partial charge in [-0.15, -0.1) is 0 Å². The van der Waals surface area contributed by atoms with Crippen LogP contribution in [0.1, 0.15) is 31.0 Å². The topological polar surface area (TPSA) is 16.1 Å². The van der Waals surface area contributed by atoms with Crippen LogP contribution in [-0.4, -0.2) is 23.5 Å². The normalized spacial score (nSPS) is 11.4. The molecular weight excluding hydrogens is 241 g/mol. The molecule has 1 rings (SSSR count). The van der Waals surface area contributed by atoms with Crippen LogP contribution in [0.5, 0.6) is 0 Å². The van der Waals surface area contributed by atoms with Gasteiger partial charge in [0.2, 0.25) is 0 Å². The van der Waals surface area contributed by atoms with Crippen molar-refractivity contribution in [3.63, 3.8) is 0 Å². The lowest BCUT2D eigenvalue weighted by molar-refractivity contribution is -0.138. The Hall–Kier alpha value is -1.52. The quantitative estimate of drug-likeness (QED) is 0.798. The molecule has 1 heterocycles. The third kappa shape index (κ3) is 3.48. The maximum atomic E-state index is 12.8. The zero-order valence-corrected chi connectivity index (χ0v) is 10.6. The number of nitrogens with zero attached hydrogens (tertiary/aromatic N) is 2. The molecule has 0 saturated carbocycles. The lowest BCUT2D eigenvalue weighted by Gasteiger charge is -2.23. The summed E-state index contributed by atoms with van der Waals surface area (Å²) in [5.41, 5.74) is -0.529. The third-order valence-electron chi connectivity index (χ3n) is 2.69. The highest BCUT2D eigenvalue weighted by molar-refractivity contribution is 5.61. The third-order valence-corrected chi connectivity index (χ3v) is 2.69. The van der Waals surface area contributed by atoms with Crippen LogP contribution >= 0.6 is 0 Å². The maximum absolute atomic E-state index is 12.8. The molecule has 0 amide bonds. The van der Waals surface area contributed by atoms with Gasteiger partial charge in [-0.3, -0.25) is 4.98 Å². The molecule has 100 valence electrons. The summed E-state index contributed by atoms with van der Waals surface area (Å²) in [5.74, 6) is 0. The molecule has 0 bridgehead atoms. The minimum atomic E-state index is -4.40. The number of pyridine rings is 1. The van der Waals surface area contributed by atoms with Gasteiger partial charge in [-0.2, -0.15) is 13.2 Å². The molecule has 0 aliphatic heterocycles. The smallest absolute Gasteiger partial charge is 0.373 e. The van der Waals surface area contributed by atoms with E-state index in [4.69, 9.17) is 0 Å². The molecular formula is C13H17F3N2. The number of aromatic nitrogens is 1. The lowest BCUT2D eigenvalue weighted by Crippen LogP contribution is -2.21. The van der Waals surface area contributed by atoms with Crippen molar-refractivity contribution < 1.29 is 13.2 Å². The molecule has 2 nitrogen and oxygen atoms in total. The molecule has 1 aromatic heterocycles. The minimum Gasteiger partial charge on any atom is -0.373 e. The summed E-state index contributed by atoms with van der Waals surface area (Å²) in [6.45, 7) is 6.41. The van der Waals surface area contributed by atoms with Crippen LogP contribution in [0.15, 0.2) is 24.9 Å². The summed E-state index contributed by atoms with van der Waals surface area (Å²) in [6, 6.07) is 2.31. The van der Waals surface area contributed by atoms with E-state index in [1.54, 1.807) is 11.9 Å². The van der Waals surface area contributed by atoms with E-state index in [1.165, 1.54) is 12.3 Å². The number of rotatable bonds is 5. The molecule has 0 aliphatic carbocycles. The summed E-state index contributed by atoms with van der Waals surface area (Å²) >= 11 is 0. The van der Waals surface area contributed by atoms with E-state index < -0.39 is 11.7 Å². The molecule has 0 radical (unpaired) electrons. The van der Waals surface area contributed by atoms with Crippen molar-refractivity contribution in [2.24, 2.45) is 0 Å². The highest BCUT2D eigenvalue weighted by Gasteiger charge is 2.34. The highest BCUT2D eigenvalue weighted by Crippen LogP contribution is 2.33. The van der Waals surface area contributed by atoms with E-state index in [9.17, 15) is 13.2 Å². The van der Waals surface area contributed by atoms with Crippen LogP contribution in [0, 0.1) is 0 Å². The average Bonchev–Trinajstić information content (AvgIpc) is 2.34. The molecule has 0 aromatic carbocycles. The largest absolute Gasteiger partial charge is 0.418 e. The van der Waals surface area contributed by atoms with E-state index in [2.05, 4.69) is 11.6 Å². The Morgan fingerprint density at radius 1 is 1.44 bits per heavy atom. The summed E-state index contributed by atoms with van der Waals surface area (Å²) < 4.78 is 38.5. The molecule has 0 aliphatic rings. The Labute approximate surface area is 105 Å². The van der Waals surface area contributed by atoms with Gasteiger partial charge in [0, 0.05) is 19.8 Å². The molecule has 5 heteroatoms. The van der Waals surface area contributed by atoms with Gasteiger partial charge in [-0.05, 0) is 18.6 Å². The van der Waals surface area contributed by atoms with Crippen molar-refractivity contribution in [1.29, 1.82) is 0 Å². The fourth-order valence-corrected chi connectivity index (χ4v) is 1.58. The summed E-state index contributed by atoms with van der Waals surface area (Å²) in [7, 11) is 1.73. The van der Waals surface area contributed by atoms with Crippen LogP contribution < -0.4 is 0 Å². The van der Waals surface area contributed by atoms with Gasteiger partial charge in [0.25, 0.3) is 0 Å². The van der Waals surface area contributed by atoms with Crippen molar-refractivity contribution in [2.45, 2.75) is 25.9 Å². The van der Waals surface area contributed by atoms with E-state index in [-0.39, 0.29) is 5.69 Å². The van der Waals surface area contributed by atoms with Gasteiger partial charge in [0.15, 0.2) is 0 Å². The van der Waals surface area contributed by atoms with Crippen LogP contribution in [0.4, 0.5) is 13.2 Å². The zero-order valence-electron chi connectivity index (χ0n) is 10.6. The highest BCUT2D eigenvalue weighted by atomic mass is 19.4. The Bertz CT molecular complexity index is 413. The van der Waals surface area contributed by atoms with Crippen LogP contribution in [-0.2, 0) is 6.18 Å². The molecule has 0 saturated heterocycles. The predicted molar refractivity (Wildman–Crippen MR) is 65.8 cm³/mol. The van der Waals surface area contributed by atoms with Crippen molar-refractivity contribution >= 4 is 5.70 Å². The number of halogens is 3. The lowest BCUT2D eigenvalue weighted by atomic mass is 10.1. The maximum Gasteiger partial charge on any atom is 0.418 e. The first-order chi connectivity index (χ1) is 8.38. The van der Waals surface area contributed by atoms with E-state index >= 15 is 0 Å². The second-order valence-electron chi connectivity index (χ2n) is 4.12. The van der Waals surface area contributed by atoms with Crippen LogP contribution in [0.3, 0.4) is 0 Å². The standard InChI is InChI=1S/C13H17F3N2/c1-4-5-9-18(3)10(2)12-11(13(14,15)16)7-6-8-17-12/h6-8H,2,4-5,9H2,1,3H3. The Kier molecular flexibility index (Phi) is 4.76. The van der Waals surface area contributed by atoms with E-state index in [0.717, 1.165) is 18.9 Å². The molecule has 0 N–H and O–H groups in total. The number of alkyl halides is 3. The minimum absolute atomic E-state index is 0.0939. The molecule has 0 unspecified atom stereocenters. The average molecular weight is 258 g/mol. The van der Waals surface area contributed by atoms with Gasteiger partial charge < -0.3 is 4.90 Å². The fourth-order valence-electron chi connectivity index (χ4n) is 1.58. The first kappa shape index (κ1) is 14.5. The fraction of sp³-hybridized carbons (Fsp3) is 0.462. The predicted octanol–water partition coefficient (Wildman–Crippen LogP) is 3.80. The number of hydrogen-bond acceptors (Lipinski definition) is 2. The molecule has 1 aromatic rings. The first-order valence-corrected chi connectivity index (χ1v) is 5.80. The van der Waals surface area contributed by atoms with Gasteiger partial charge in [0.1, 0.15) is 0 Å². The summed E-state index contributed by atoms with van der Waals surface area (Å²) in [5, 5.41) is 0. The molecule has 18 heavy (non-hydrogen) atoms. The van der Waals surface area contributed by atoms with Crippen molar-refractivity contribution in [2.75, 3.05) is 13.6 Å². The molecule has 0 spiro atoms. The van der Waals surface area contributed by atoms with Crippen LogP contribution in [0.25, 0.3) is 5.70 Å². The Morgan fingerprint density at radius 2 is 2.11 bits per heavy atom. The second kappa shape index (κ2) is 5.89. The van der Waals surface area contributed by atoms with E-state index in [1.807, 2.05) is 6.92 Å². The summed E-state index contributed by atoms with van der Waals surface area (Å²) in [4.78, 5) is 5.52. The van der Waals surface area contributed by atoms with Crippen molar-refractivity contribution in [3.8, 4) is 0 Å². The van der Waals surface area contributed by atoms with Gasteiger partial charge in [-0.25, -0.2) is 0 Å². The molecule has 0 fully saturated rings.